The first-order valence-electron chi connectivity index (χ1n) is 9.59. The molecule has 150 valence electrons. The molecule has 3 rings (SSSR count). The number of methoxy groups -OCH3 is 1. The summed E-state index contributed by atoms with van der Waals surface area (Å²) in [6.07, 6.45) is 0. The van der Waals surface area contributed by atoms with Gasteiger partial charge in [0.2, 0.25) is 5.91 Å². The lowest BCUT2D eigenvalue weighted by molar-refractivity contribution is -0.132. The maximum atomic E-state index is 12.6. The topological polar surface area (TPSA) is 36.0 Å². The second kappa shape index (κ2) is 9.92. The Hall–Kier alpha value is -2.08. The molecule has 1 fully saturated rings. The van der Waals surface area contributed by atoms with Gasteiger partial charge in [-0.2, -0.15) is 0 Å². The third-order valence-electron chi connectivity index (χ3n) is 5.15. The molecule has 2 aromatic rings. The van der Waals surface area contributed by atoms with Crippen molar-refractivity contribution in [2.24, 2.45) is 0 Å². The standard InChI is InChI=1S/C22H28ClN3O2/c1-24(15-18-5-9-21(28-2)10-6-18)22(27)17-26-13-11-25(12-14-26)16-19-3-7-20(23)8-4-19/h3-10H,11-17H2,1-2H3. The predicted molar refractivity (Wildman–Crippen MR) is 113 cm³/mol. The molecular formula is C22H28ClN3O2. The number of carbonyl (C=O) groups excluding carboxylic acids is 1. The molecule has 28 heavy (non-hydrogen) atoms. The highest BCUT2D eigenvalue weighted by Gasteiger charge is 2.20. The minimum Gasteiger partial charge on any atom is -0.497 e. The van der Waals surface area contributed by atoms with Crippen LogP contribution in [0.4, 0.5) is 0 Å². The fourth-order valence-electron chi connectivity index (χ4n) is 3.36. The number of rotatable bonds is 7. The number of carbonyl (C=O) groups is 1. The molecule has 0 N–H and O–H groups in total. The van der Waals surface area contributed by atoms with Crippen LogP contribution in [0.25, 0.3) is 0 Å². The molecule has 1 amide bonds. The quantitative estimate of drug-likeness (QED) is 0.714. The Morgan fingerprint density at radius 2 is 1.54 bits per heavy atom. The van der Waals surface area contributed by atoms with E-state index < -0.39 is 0 Å². The van der Waals surface area contributed by atoms with Crippen molar-refractivity contribution in [3.8, 4) is 5.75 Å². The van der Waals surface area contributed by atoms with E-state index >= 15 is 0 Å². The summed E-state index contributed by atoms with van der Waals surface area (Å²) in [5.74, 6) is 0.983. The Morgan fingerprint density at radius 3 is 2.14 bits per heavy atom. The smallest absolute Gasteiger partial charge is 0.236 e. The SMILES string of the molecule is COc1ccc(CN(C)C(=O)CN2CCN(Cc3ccc(Cl)cc3)CC2)cc1. The lowest BCUT2D eigenvalue weighted by atomic mass is 10.2. The zero-order valence-electron chi connectivity index (χ0n) is 16.6. The number of nitrogens with zero attached hydrogens (tertiary/aromatic N) is 3. The van der Waals surface area contributed by atoms with Crippen molar-refractivity contribution in [2.75, 3.05) is 46.9 Å². The van der Waals surface area contributed by atoms with E-state index in [0.717, 1.165) is 49.1 Å². The van der Waals surface area contributed by atoms with Crippen LogP contribution in [0.3, 0.4) is 0 Å². The van der Waals surface area contributed by atoms with Gasteiger partial charge in [0.1, 0.15) is 5.75 Å². The number of halogens is 1. The van der Waals surface area contributed by atoms with Crippen LogP contribution in [-0.4, -0.2) is 67.5 Å². The molecule has 5 nitrogen and oxygen atoms in total. The Kier molecular flexibility index (Phi) is 7.31. The largest absolute Gasteiger partial charge is 0.497 e. The molecule has 0 atom stereocenters. The van der Waals surface area contributed by atoms with Gasteiger partial charge in [0.15, 0.2) is 0 Å². The second-order valence-corrected chi connectivity index (χ2v) is 7.71. The number of amides is 1. The van der Waals surface area contributed by atoms with Crippen LogP contribution in [-0.2, 0) is 17.9 Å². The van der Waals surface area contributed by atoms with Gasteiger partial charge < -0.3 is 9.64 Å². The van der Waals surface area contributed by atoms with Gasteiger partial charge >= 0.3 is 0 Å². The Balaban J connectivity index is 1.41. The highest BCUT2D eigenvalue weighted by Crippen LogP contribution is 2.14. The van der Waals surface area contributed by atoms with Gasteiger partial charge in [-0.3, -0.25) is 14.6 Å². The number of hydrogen-bond acceptors (Lipinski definition) is 4. The normalized spacial score (nSPS) is 15.4. The first-order valence-corrected chi connectivity index (χ1v) is 9.97. The van der Waals surface area contributed by atoms with Crippen LogP contribution in [0.5, 0.6) is 5.75 Å². The highest BCUT2D eigenvalue weighted by molar-refractivity contribution is 6.30. The van der Waals surface area contributed by atoms with Crippen molar-refractivity contribution >= 4 is 17.5 Å². The average molecular weight is 402 g/mol. The van der Waals surface area contributed by atoms with Gasteiger partial charge in [0.25, 0.3) is 0 Å². The van der Waals surface area contributed by atoms with E-state index in [1.54, 1.807) is 12.0 Å². The maximum Gasteiger partial charge on any atom is 0.236 e. The second-order valence-electron chi connectivity index (χ2n) is 7.28. The van der Waals surface area contributed by atoms with Crippen molar-refractivity contribution in [3.05, 3.63) is 64.7 Å². The lowest BCUT2D eigenvalue weighted by Crippen LogP contribution is -2.49. The summed E-state index contributed by atoms with van der Waals surface area (Å²) < 4.78 is 5.18. The Labute approximate surface area is 172 Å². The molecule has 0 spiro atoms. The molecule has 1 saturated heterocycles. The molecule has 1 aliphatic rings. The Bertz CT molecular complexity index is 756. The van der Waals surface area contributed by atoms with E-state index in [9.17, 15) is 4.79 Å². The van der Waals surface area contributed by atoms with Gasteiger partial charge in [-0.15, -0.1) is 0 Å². The van der Waals surface area contributed by atoms with Crippen molar-refractivity contribution in [3.63, 3.8) is 0 Å². The average Bonchev–Trinajstić information content (AvgIpc) is 2.71. The van der Waals surface area contributed by atoms with E-state index in [-0.39, 0.29) is 5.91 Å². The van der Waals surface area contributed by atoms with E-state index in [1.165, 1.54) is 5.56 Å². The molecule has 1 aliphatic heterocycles. The molecule has 0 radical (unpaired) electrons. The zero-order valence-corrected chi connectivity index (χ0v) is 17.4. The summed E-state index contributed by atoms with van der Waals surface area (Å²) in [5, 5.41) is 0.769. The minimum atomic E-state index is 0.155. The first kappa shape index (κ1) is 20.6. The van der Waals surface area contributed by atoms with Gasteiger partial charge in [-0.25, -0.2) is 0 Å². The molecule has 6 heteroatoms. The number of ether oxygens (including phenoxy) is 1. The van der Waals surface area contributed by atoms with Gasteiger partial charge in [0.05, 0.1) is 13.7 Å². The summed E-state index contributed by atoms with van der Waals surface area (Å²) in [4.78, 5) is 19.0. The van der Waals surface area contributed by atoms with Crippen molar-refractivity contribution in [2.45, 2.75) is 13.1 Å². The lowest BCUT2D eigenvalue weighted by Gasteiger charge is -2.35. The molecule has 0 bridgehead atoms. The van der Waals surface area contributed by atoms with Crippen LogP contribution < -0.4 is 4.74 Å². The maximum absolute atomic E-state index is 12.6. The molecule has 1 heterocycles. The summed E-state index contributed by atoms with van der Waals surface area (Å²) >= 11 is 5.95. The summed E-state index contributed by atoms with van der Waals surface area (Å²) in [7, 11) is 3.52. The molecule has 0 aliphatic carbocycles. The van der Waals surface area contributed by atoms with Crippen molar-refractivity contribution < 1.29 is 9.53 Å². The summed E-state index contributed by atoms with van der Waals surface area (Å²) in [6.45, 7) is 5.78. The first-order chi connectivity index (χ1) is 13.5. The third kappa shape index (κ3) is 5.96. The Morgan fingerprint density at radius 1 is 0.964 bits per heavy atom. The van der Waals surface area contributed by atoms with Crippen molar-refractivity contribution in [1.82, 2.24) is 14.7 Å². The number of benzene rings is 2. The fourth-order valence-corrected chi connectivity index (χ4v) is 3.48. The molecule has 0 unspecified atom stereocenters. The van der Waals surface area contributed by atoms with Gasteiger partial charge in [0, 0.05) is 51.3 Å². The van der Waals surface area contributed by atoms with Crippen LogP contribution in [0.15, 0.2) is 48.5 Å². The highest BCUT2D eigenvalue weighted by atomic mass is 35.5. The molecular weight excluding hydrogens is 374 g/mol. The summed E-state index contributed by atoms with van der Waals surface area (Å²) in [6, 6.07) is 15.9. The fraction of sp³-hybridized carbons (Fsp3) is 0.409. The van der Waals surface area contributed by atoms with E-state index in [4.69, 9.17) is 16.3 Å². The van der Waals surface area contributed by atoms with E-state index in [1.807, 2.05) is 43.4 Å². The zero-order chi connectivity index (χ0) is 19.9. The van der Waals surface area contributed by atoms with Gasteiger partial charge in [-0.05, 0) is 35.4 Å². The van der Waals surface area contributed by atoms with Crippen LogP contribution in [0.2, 0.25) is 5.02 Å². The number of hydrogen-bond donors (Lipinski definition) is 0. The molecule has 2 aromatic carbocycles. The number of likely N-dealkylation sites (N-methyl/N-ethyl adjacent to an activating group) is 1. The van der Waals surface area contributed by atoms with E-state index in [0.29, 0.717) is 13.1 Å². The predicted octanol–water partition coefficient (Wildman–Crippen LogP) is 3.12. The monoisotopic (exact) mass is 401 g/mol. The molecule has 0 saturated carbocycles. The number of piperazine rings is 1. The van der Waals surface area contributed by atoms with Crippen molar-refractivity contribution in [1.29, 1.82) is 0 Å². The van der Waals surface area contributed by atoms with E-state index in [2.05, 4.69) is 21.9 Å². The summed E-state index contributed by atoms with van der Waals surface area (Å²) in [5.41, 5.74) is 2.37. The van der Waals surface area contributed by atoms with Crippen LogP contribution in [0, 0.1) is 0 Å². The minimum absolute atomic E-state index is 0.155. The third-order valence-corrected chi connectivity index (χ3v) is 5.40. The molecule has 0 aromatic heterocycles. The van der Waals surface area contributed by atoms with Crippen LogP contribution >= 0.6 is 11.6 Å². The van der Waals surface area contributed by atoms with Crippen LogP contribution in [0.1, 0.15) is 11.1 Å². The van der Waals surface area contributed by atoms with Gasteiger partial charge in [-0.1, -0.05) is 35.9 Å².